The molecule has 0 radical (unpaired) electrons. The Kier molecular flexibility index (Phi) is 8.35. The summed E-state index contributed by atoms with van der Waals surface area (Å²) in [6.45, 7) is 3.03. The summed E-state index contributed by atoms with van der Waals surface area (Å²) < 4.78 is 9.29. The van der Waals surface area contributed by atoms with E-state index in [2.05, 4.69) is 4.74 Å². The van der Waals surface area contributed by atoms with Crippen molar-refractivity contribution in [3.8, 4) is 5.75 Å². The third-order valence-corrected chi connectivity index (χ3v) is 1.70. The minimum absolute atomic E-state index is 0.692. The van der Waals surface area contributed by atoms with Crippen LogP contribution >= 0.6 is 0 Å². The Bertz CT molecular complexity index is 273. The predicted molar refractivity (Wildman–Crippen MR) is 63.4 cm³/mol. The first-order chi connectivity index (χ1) is 7.97. The Morgan fingerprint density at radius 2 is 1.53 bits per heavy atom. The molecule has 17 heavy (non-hydrogen) atoms. The molecule has 1 aromatic rings. The van der Waals surface area contributed by atoms with E-state index in [4.69, 9.17) is 20.1 Å². The highest BCUT2D eigenvalue weighted by atomic mass is 16.6. The highest BCUT2D eigenvalue weighted by molar-refractivity contribution is 5.20. The number of hydrogen-bond acceptors (Lipinski definition) is 5. The molecule has 0 aliphatic heterocycles. The van der Waals surface area contributed by atoms with Gasteiger partial charge in [0.1, 0.15) is 11.9 Å². The molecule has 0 saturated carbocycles. The fourth-order valence-electron chi connectivity index (χ4n) is 0.893. The minimum Gasteiger partial charge on any atom is -0.465 e. The molecule has 5 nitrogen and oxygen atoms in total. The highest BCUT2D eigenvalue weighted by Crippen LogP contribution is 2.09. The van der Waals surface area contributed by atoms with Crippen LogP contribution in [0.3, 0.4) is 0 Å². The van der Waals surface area contributed by atoms with Crippen molar-refractivity contribution in [1.82, 2.24) is 0 Å². The number of aliphatic hydroxyl groups is 3. The maximum atomic E-state index is 8.78. The third-order valence-electron chi connectivity index (χ3n) is 1.70. The summed E-state index contributed by atoms with van der Waals surface area (Å²) in [5.74, 6) is 0.692. The predicted octanol–water partition coefficient (Wildman–Crippen LogP) is 0.736. The average molecular weight is 244 g/mol. The minimum atomic E-state index is -1.04. The Morgan fingerprint density at radius 3 is 1.82 bits per heavy atom. The maximum absolute atomic E-state index is 8.78. The molecule has 0 bridgehead atoms. The Hall–Kier alpha value is -1.14. The summed E-state index contributed by atoms with van der Waals surface area (Å²) in [6.07, 6.45) is -2.58. The summed E-state index contributed by atoms with van der Waals surface area (Å²) in [5.41, 5.74) is 0. The van der Waals surface area contributed by atoms with E-state index in [1.165, 1.54) is 14.0 Å². The summed E-state index contributed by atoms with van der Waals surface area (Å²) in [4.78, 5) is 0. The van der Waals surface area contributed by atoms with Crippen LogP contribution in [0.5, 0.6) is 5.75 Å². The first kappa shape index (κ1) is 15.9. The van der Waals surface area contributed by atoms with Crippen LogP contribution in [0.2, 0.25) is 0 Å². The lowest BCUT2D eigenvalue weighted by Crippen LogP contribution is -2.23. The van der Waals surface area contributed by atoms with E-state index in [1.54, 1.807) is 19.1 Å². The molecule has 3 N–H and O–H groups in total. The van der Waals surface area contributed by atoms with E-state index in [1.807, 2.05) is 18.2 Å². The average Bonchev–Trinajstić information content (AvgIpc) is 2.29. The molecule has 0 saturated heterocycles. The third kappa shape index (κ3) is 8.65. The Balaban J connectivity index is 0.000000325. The van der Waals surface area contributed by atoms with Gasteiger partial charge < -0.3 is 24.8 Å². The van der Waals surface area contributed by atoms with Gasteiger partial charge in [-0.05, 0) is 26.0 Å². The molecular formula is C12H20O5. The van der Waals surface area contributed by atoms with Crippen LogP contribution in [0.25, 0.3) is 0 Å². The van der Waals surface area contributed by atoms with Crippen molar-refractivity contribution in [2.75, 3.05) is 7.11 Å². The molecule has 0 aliphatic carbocycles. The number of benzene rings is 1. The van der Waals surface area contributed by atoms with Crippen LogP contribution in [0.4, 0.5) is 0 Å². The number of ether oxygens (including phenoxy) is 2. The van der Waals surface area contributed by atoms with Gasteiger partial charge in [-0.3, -0.25) is 0 Å². The van der Waals surface area contributed by atoms with E-state index in [0.29, 0.717) is 5.75 Å². The fraction of sp³-hybridized carbons (Fsp3) is 0.500. The largest absolute Gasteiger partial charge is 0.465 e. The van der Waals surface area contributed by atoms with Crippen LogP contribution in [0.15, 0.2) is 30.3 Å². The summed E-state index contributed by atoms with van der Waals surface area (Å²) in [6, 6.07) is 9.21. The Morgan fingerprint density at radius 1 is 1.00 bits per heavy atom. The molecular weight excluding hydrogens is 224 g/mol. The van der Waals surface area contributed by atoms with Gasteiger partial charge in [-0.1, -0.05) is 18.2 Å². The molecule has 0 spiro atoms. The molecule has 0 heterocycles. The van der Waals surface area contributed by atoms with Crippen molar-refractivity contribution in [2.24, 2.45) is 0 Å². The van der Waals surface area contributed by atoms with Gasteiger partial charge in [-0.25, -0.2) is 0 Å². The monoisotopic (exact) mass is 244 g/mol. The molecule has 1 aromatic carbocycles. The van der Waals surface area contributed by atoms with Crippen LogP contribution in [-0.2, 0) is 4.74 Å². The van der Waals surface area contributed by atoms with E-state index in [0.717, 1.165) is 0 Å². The fourth-order valence-corrected chi connectivity index (χ4v) is 0.893. The van der Waals surface area contributed by atoms with Crippen molar-refractivity contribution >= 4 is 0 Å². The second-order valence-electron chi connectivity index (χ2n) is 3.40. The molecule has 0 amide bonds. The van der Waals surface area contributed by atoms with Crippen molar-refractivity contribution < 1.29 is 24.8 Å². The number of hydrogen-bond donors (Lipinski definition) is 3. The molecule has 3 unspecified atom stereocenters. The van der Waals surface area contributed by atoms with E-state index in [-0.39, 0.29) is 0 Å². The van der Waals surface area contributed by atoms with Crippen molar-refractivity contribution in [2.45, 2.75) is 32.5 Å². The number of rotatable bonds is 4. The van der Waals surface area contributed by atoms with E-state index < -0.39 is 18.7 Å². The standard InChI is InChI=1S/C8H10O2.C4H10O3/c1-7(9)10-8-5-3-2-4-6-8;1-3(5)4(6)7-2/h2-7,9H,1H3;3-6H,1-2H3. The van der Waals surface area contributed by atoms with Gasteiger partial charge in [0.25, 0.3) is 0 Å². The molecule has 0 fully saturated rings. The van der Waals surface area contributed by atoms with Gasteiger partial charge in [-0.15, -0.1) is 0 Å². The van der Waals surface area contributed by atoms with E-state index >= 15 is 0 Å². The van der Waals surface area contributed by atoms with Crippen molar-refractivity contribution in [3.63, 3.8) is 0 Å². The van der Waals surface area contributed by atoms with E-state index in [9.17, 15) is 0 Å². The summed E-state index contributed by atoms with van der Waals surface area (Å²) >= 11 is 0. The van der Waals surface area contributed by atoms with Gasteiger partial charge in [-0.2, -0.15) is 0 Å². The summed E-state index contributed by atoms with van der Waals surface area (Å²) in [7, 11) is 1.33. The first-order valence-electron chi connectivity index (χ1n) is 5.26. The molecule has 5 heteroatoms. The van der Waals surface area contributed by atoms with Crippen molar-refractivity contribution in [1.29, 1.82) is 0 Å². The number of aliphatic hydroxyl groups excluding tert-OH is 3. The lowest BCUT2D eigenvalue weighted by molar-refractivity contribution is -0.137. The lowest BCUT2D eigenvalue weighted by Gasteiger charge is -2.09. The molecule has 0 aliphatic rings. The molecule has 3 atom stereocenters. The van der Waals surface area contributed by atoms with Gasteiger partial charge in [0, 0.05) is 7.11 Å². The zero-order valence-corrected chi connectivity index (χ0v) is 10.3. The SMILES string of the molecule is CC(O)Oc1ccccc1.COC(O)C(C)O. The molecule has 1 rings (SSSR count). The lowest BCUT2D eigenvalue weighted by atomic mass is 10.3. The molecule has 0 aromatic heterocycles. The van der Waals surface area contributed by atoms with Gasteiger partial charge in [0.15, 0.2) is 12.6 Å². The number of methoxy groups -OCH3 is 1. The maximum Gasteiger partial charge on any atom is 0.194 e. The smallest absolute Gasteiger partial charge is 0.194 e. The zero-order chi connectivity index (χ0) is 13.3. The second-order valence-corrected chi connectivity index (χ2v) is 3.40. The van der Waals surface area contributed by atoms with Crippen LogP contribution < -0.4 is 4.74 Å². The quantitative estimate of drug-likeness (QED) is 0.681. The van der Waals surface area contributed by atoms with Crippen LogP contribution in [-0.4, -0.2) is 41.1 Å². The Labute approximate surface area is 101 Å². The van der Waals surface area contributed by atoms with Crippen LogP contribution in [0.1, 0.15) is 13.8 Å². The summed E-state index contributed by atoms with van der Waals surface area (Å²) in [5, 5.41) is 25.7. The first-order valence-corrected chi connectivity index (χ1v) is 5.26. The zero-order valence-electron chi connectivity index (χ0n) is 10.3. The van der Waals surface area contributed by atoms with Gasteiger partial charge in [0.2, 0.25) is 0 Å². The normalized spacial score (nSPS) is 15.2. The number of para-hydroxylation sites is 1. The van der Waals surface area contributed by atoms with Gasteiger partial charge in [0.05, 0.1) is 0 Å². The van der Waals surface area contributed by atoms with Crippen LogP contribution in [0, 0.1) is 0 Å². The highest BCUT2D eigenvalue weighted by Gasteiger charge is 2.06. The molecule has 98 valence electrons. The second kappa shape index (κ2) is 8.95. The topological polar surface area (TPSA) is 79.2 Å². The van der Waals surface area contributed by atoms with Crippen molar-refractivity contribution in [3.05, 3.63) is 30.3 Å². The van der Waals surface area contributed by atoms with Gasteiger partial charge >= 0.3 is 0 Å².